The maximum Gasteiger partial charge on any atom is 0.326 e. The summed E-state index contributed by atoms with van der Waals surface area (Å²) < 4.78 is 29.3. The number of amides is 1. The van der Waals surface area contributed by atoms with Crippen LogP contribution in [0.4, 0.5) is 0 Å². The lowest BCUT2D eigenvalue weighted by Crippen LogP contribution is -2.44. The summed E-state index contributed by atoms with van der Waals surface area (Å²) in [5.41, 5.74) is 0. The van der Waals surface area contributed by atoms with Gasteiger partial charge in [0.2, 0.25) is 10.0 Å². The van der Waals surface area contributed by atoms with Gasteiger partial charge in [0.25, 0.3) is 5.91 Å². The van der Waals surface area contributed by atoms with Gasteiger partial charge < -0.3 is 14.8 Å². The van der Waals surface area contributed by atoms with Gasteiger partial charge in [-0.25, -0.2) is 17.9 Å². The van der Waals surface area contributed by atoms with E-state index in [1.165, 1.54) is 12.1 Å². The van der Waals surface area contributed by atoms with Crippen molar-refractivity contribution < 1.29 is 27.5 Å². The quantitative estimate of drug-likeness (QED) is 0.658. The Morgan fingerprint density at radius 1 is 1.33 bits per heavy atom. The Morgan fingerprint density at radius 3 is 2.43 bits per heavy atom. The molecule has 9 heteroatoms. The smallest absolute Gasteiger partial charge is 0.326 e. The second kappa shape index (κ2) is 6.72. The molecule has 3 N–H and O–H groups in total. The molecule has 0 aliphatic heterocycles. The average molecular weight is 318 g/mol. The summed E-state index contributed by atoms with van der Waals surface area (Å²) in [5, 5.41) is 11.3. The van der Waals surface area contributed by atoms with E-state index in [2.05, 4.69) is 10.0 Å². The zero-order chi connectivity index (χ0) is 16.2. The van der Waals surface area contributed by atoms with E-state index in [1.807, 2.05) is 0 Å². The summed E-state index contributed by atoms with van der Waals surface area (Å²) in [6.45, 7) is 3.25. The van der Waals surface area contributed by atoms with Crippen LogP contribution >= 0.6 is 0 Å². The van der Waals surface area contributed by atoms with Crippen molar-refractivity contribution in [2.45, 2.75) is 26.4 Å². The molecule has 1 amide bonds. The molecule has 1 aromatic rings. The van der Waals surface area contributed by atoms with E-state index in [-0.39, 0.29) is 24.0 Å². The minimum Gasteiger partial charge on any atom is -0.480 e. The van der Waals surface area contributed by atoms with Gasteiger partial charge in [-0.05, 0) is 18.1 Å². The van der Waals surface area contributed by atoms with Gasteiger partial charge in [-0.1, -0.05) is 13.8 Å². The van der Waals surface area contributed by atoms with Crippen molar-refractivity contribution in [3.8, 4) is 0 Å². The normalized spacial score (nSPS) is 13.1. The van der Waals surface area contributed by atoms with E-state index in [4.69, 9.17) is 9.52 Å². The van der Waals surface area contributed by atoms with Crippen molar-refractivity contribution in [2.24, 2.45) is 5.92 Å². The van der Waals surface area contributed by atoms with Crippen molar-refractivity contribution in [2.75, 3.05) is 6.26 Å². The fourth-order valence-corrected chi connectivity index (χ4v) is 1.93. The molecule has 118 valence electrons. The molecule has 1 aromatic heterocycles. The summed E-state index contributed by atoms with van der Waals surface area (Å²) in [6.07, 6.45) is 1.00. The van der Waals surface area contributed by atoms with Gasteiger partial charge in [0.15, 0.2) is 5.76 Å². The van der Waals surface area contributed by atoms with Gasteiger partial charge in [0.05, 0.1) is 12.8 Å². The van der Waals surface area contributed by atoms with Crippen LogP contribution in [-0.4, -0.2) is 37.7 Å². The number of carboxylic acids is 1. The molecule has 1 atom stereocenters. The topological polar surface area (TPSA) is 126 Å². The Hall–Kier alpha value is -1.87. The van der Waals surface area contributed by atoms with Crippen LogP contribution in [0.3, 0.4) is 0 Å². The van der Waals surface area contributed by atoms with Crippen LogP contribution in [0, 0.1) is 5.92 Å². The third kappa shape index (κ3) is 5.56. The predicted molar refractivity (Wildman–Crippen MR) is 74.1 cm³/mol. The van der Waals surface area contributed by atoms with E-state index in [9.17, 15) is 18.0 Å². The van der Waals surface area contributed by atoms with Crippen LogP contribution in [0.25, 0.3) is 0 Å². The van der Waals surface area contributed by atoms with Crippen molar-refractivity contribution in [1.82, 2.24) is 10.0 Å². The number of furan rings is 1. The number of aliphatic carboxylic acids is 1. The lowest BCUT2D eigenvalue weighted by atomic mass is 10.0. The highest BCUT2D eigenvalue weighted by Crippen LogP contribution is 2.10. The minimum atomic E-state index is -3.36. The van der Waals surface area contributed by atoms with Crippen LogP contribution in [0.15, 0.2) is 16.5 Å². The molecule has 21 heavy (non-hydrogen) atoms. The highest BCUT2D eigenvalue weighted by molar-refractivity contribution is 7.88. The number of hydrogen-bond acceptors (Lipinski definition) is 5. The first-order valence-corrected chi connectivity index (χ1v) is 8.06. The van der Waals surface area contributed by atoms with Crippen LogP contribution in [0.1, 0.15) is 30.2 Å². The number of sulfonamides is 1. The molecule has 0 aromatic carbocycles. The van der Waals surface area contributed by atoms with Crippen molar-refractivity contribution >= 4 is 21.9 Å². The fraction of sp³-hybridized carbons (Fsp3) is 0.500. The molecule has 0 fully saturated rings. The molecule has 0 spiro atoms. The Bertz CT molecular complexity index is 619. The van der Waals surface area contributed by atoms with Gasteiger partial charge in [-0.15, -0.1) is 0 Å². The van der Waals surface area contributed by atoms with Crippen LogP contribution < -0.4 is 10.0 Å². The highest BCUT2D eigenvalue weighted by atomic mass is 32.2. The summed E-state index contributed by atoms with van der Waals surface area (Å²) >= 11 is 0. The summed E-state index contributed by atoms with van der Waals surface area (Å²) in [6, 6.07) is 1.77. The van der Waals surface area contributed by atoms with Gasteiger partial charge >= 0.3 is 5.97 Å². The van der Waals surface area contributed by atoms with Gasteiger partial charge in [0, 0.05) is 0 Å². The fourth-order valence-electron chi connectivity index (χ4n) is 1.52. The second-order valence-electron chi connectivity index (χ2n) is 4.89. The molecule has 1 rings (SSSR count). The molecule has 1 heterocycles. The van der Waals surface area contributed by atoms with E-state index < -0.39 is 27.9 Å². The van der Waals surface area contributed by atoms with Crippen LogP contribution in [0.2, 0.25) is 0 Å². The molecule has 0 saturated carbocycles. The van der Waals surface area contributed by atoms with Crippen molar-refractivity contribution in [1.29, 1.82) is 0 Å². The number of carboxylic acid groups (broad SMARTS) is 1. The molecular formula is C12H18N2O6S. The maximum atomic E-state index is 11.9. The summed E-state index contributed by atoms with van der Waals surface area (Å²) in [4.78, 5) is 22.9. The molecule has 0 radical (unpaired) electrons. The van der Waals surface area contributed by atoms with Crippen molar-refractivity contribution in [3.63, 3.8) is 0 Å². The average Bonchev–Trinajstić information content (AvgIpc) is 2.80. The van der Waals surface area contributed by atoms with Gasteiger partial charge in [-0.2, -0.15) is 0 Å². The molecule has 0 aliphatic carbocycles. The lowest BCUT2D eigenvalue weighted by Gasteiger charge is -2.16. The number of carbonyl (C=O) groups excluding carboxylic acids is 1. The standard InChI is InChI=1S/C12H18N2O6S/c1-7(2)10(12(16)17)14-11(15)9-5-4-8(20-9)6-13-21(3,18)19/h4-5,7,10,13H,6H2,1-3H3,(H,14,15)(H,16,17)/t10-/m0/s1. The number of carbonyl (C=O) groups is 2. The van der Waals surface area contributed by atoms with E-state index in [0.717, 1.165) is 6.26 Å². The minimum absolute atomic E-state index is 0.0767. The molecule has 8 nitrogen and oxygen atoms in total. The maximum absolute atomic E-state index is 11.9. The predicted octanol–water partition coefficient (Wildman–Crippen LogP) is 0.168. The molecule has 0 saturated heterocycles. The first-order valence-electron chi connectivity index (χ1n) is 6.17. The third-order valence-electron chi connectivity index (χ3n) is 2.61. The molecule has 0 unspecified atom stereocenters. The molecular weight excluding hydrogens is 300 g/mol. The number of rotatable bonds is 7. The molecule has 0 bridgehead atoms. The first kappa shape index (κ1) is 17.2. The lowest BCUT2D eigenvalue weighted by molar-refractivity contribution is -0.140. The van der Waals surface area contributed by atoms with E-state index in [0.29, 0.717) is 0 Å². The monoisotopic (exact) mass is 318 g/mol. The zero-order valence-electron chi connectivity index (χ0n) is 11.9. The number of hydrogen-bond donors (Lipinski definition) is 3. The Kier molecular flexibility index (Phi) is 5.50. The summed E-state index contributed by atoms with van der Waals surface area (Å²) in [5.74, 6) is -1.91. The Labute approximate surface area is 122 Å². The Morgan fingerprint density at radius 2 is 1.95 bits per heavy atom. The van der Waals surface area contributed by atoms with Gasteiger partial charge in [-0.3, -0.25) is 4.79 Å². The molecule has 0 aliphatic rings. The van der Waals surface area contributed by atoms with Crippen molar-refractivity contribution in [3.05, 3.63) is 23.7 Å². The van der Waals surface area contributed by atoms with Crippen LogP contribution in [-0.2, 0) is 21.4 Å². The zero-order valence-corrected chi connectivity index (χ0v) is 12.7. The first-order chi connectivity index (χ1) is 9.60. The van der Waals surface area contributed by atoms with Gasteiger partial charge in [0.1, 0.15) is 11.8 Å². The Balaban J connectivity index is 2.72. The van der Waals surface area contributed by atoms with E-state index >= 15 is 0 Å². The summed E-state index contributed by atoms with van der Waals surface area (Å²) in [7, 11) is -3.36. The second-order valence-corrected chi connectivity index (χ2v) is 6.73. The highest BCUT2D eigenvalue weighted by Gasteiger charge is 2.25. The van der Waals surface area contributed by atoms with Crippen LogP contribution in [0.5, 0.6) is 0 Å². The largest absolute Gasteiger partial charge is 0.480 e. The van der Waals surface area contributed by atoms with E-state index in [1.54, 1.807) is 13.8 Å². The SMILES string of the molecule is CC(C)[C@H](NC(=O)c1ccc(CNS(C)(=O)=O)o1)C(=O)O. The third-order valence-corrected chi connectivity index (χ3v) is 3.28. The number of nitrogens with one attached hydrogen (secondary N) is 2.